The predicted molar refractivity (Wildman–Crippen MR) is 109 cm³/mol. The second-order valence-corrected chi connectivity index (χ2v) is 9.58. The third-order valence-electron chi connectivity index (χ3n) is 3.78. The van der Waals surface area contributed by atoms with Crippen LogP contribution in [0.3, 0.4) is 0 Å². The van der Waals surface area contributed by atoms with Crippen LogP contribution in [0.2, 0.25) is 5.02 Å². The van der Waals surface area contributed by atoms with Gasteiger partial charge >= 0.3 is 6.18 Å². The largest absolute Gasteiger partial charge is 0.483 e. The molecule has 0 saturated heterocycles. The number of thiazole rings is 1. The Balaban J connectivity index is 2.49. The number of alkyl halides is 3. The molecule has 0 saturated carbocycles. The maximum atomic E-state index is 12.8. The first-order valence-electron chi connectivity index (χ1n) is 9.05. The quantitative estimate of drug-likeness (QED) is 0.576. The van der Waals surface area contributed by atoms with E-state index in [4.69, 9.17) is 16.3 Å². The number of hydrogen-bond donors (Lipinski definition) is 0. The van der Waals surface area contributed by atoms with E-state index in [9.17, 15) is 18.0 Å². The molecule has 2 rings (SSSR count). The van der Waals surface area contributed by atoms with Gasteiger partial charge in [-0.15, -0.1) is 11.3 Å². The lowest BCUT2D eigenvalue weighted by Gasteiger charge is -2.14. The van der Waals surface area contributed by atoms with E-state index in [2.05, 4.69) is 25.8 Å². The summed E-state index contributed by atoms with van der Waals surface area (Å²) < 4.78 is 44.3. The lowest BCUT2D eigenvalue weighted by molar-refractivity contribution is -0.153. The second-order valence-electron chi connectivity index (χ2n) is 8.14. The Hall–Kier alpha value is -1.80. The lowest BCUT2D eigenvalue weighted by atomic mass is 9.95. The van der Waals surface area contributed by atoms with Gasteiger partial charge in [-0.3, -0.25) is 4.79 Å². The first kappa shape index (κ1) is 23.5. The van der Waals surface area contributed by atoms with Crippen LogP contribution in [0.25, 0.3) is 0 Å². The third-order valence-corrected chi connectivity index (χ3v) is 5.46. The van der Waals surface area contributed by atoms with Crippen molar-refractivity contribution in [3.8, 4) is 5.75 Å². The van der Waals surface area contributed by atoms with Gasteiger partial charge in [0.25, 0.3) is 5.91 Å². The molecule has 0 unspecified atom stereocenters. The van der Waals surface area contributed by atoms with E-state index in [1.165, 1.54) is 29.5 Å². The van der Waals surface area contributed by atoms with Gasteiger partial charge in [0, 0.05) is 22.6 Å². The number of rotatable bonds is 5. The molecule has 0 spiro atoms. The summed E-state index contributed by atoms with van der Waals surface area (Å²) in [6.45, 7) is 9.43. The summed E-state index contributed by atoms with van der Waals surface area (Å²) in [5.74, 6) is -0.587. The molecule has 0 N–H and O–H groups in total. The summed E-state index contributed by atoms with van der Waals surface area (Å²) >= 11 is 7.32. The minimum absolute atomic E-state index is 0.108. The number of carbonyl (C=O) groups excluding carboxylic acids is 1. The van der Waals surface area contributed by atoms with Crippen molar-refractivity contribution < 1.29 is 22.7 Å². The molecule has 1 aromatic carbocycles. The molecule has 0 aliphatic carbocycles. The lowest BCUT2D eigenvalue weighted by Crippen LogP contribution is -2.21. The van der Waals surface area contributed by atoms with Gasteiger partial charge in [-0.05, 0) is 29.5 Å². The molecule has 1 heterocycles. The standard InChI is InChI=1S/C20H24ClF3N2O2S/c1-12(2)9-26-10-16(19(3,4)5)29-18(26)25-17(27)14-8-13(21)6-7-15(14)28-11-20(22,23)24/h6-8,10,12H,9,11H2,1-5H3/b25-18-. The first-order valence-corrected chi connectivity index (χ1v) is 10.2. The Bertz CT molecular complexity index is 940. The van der Waals surface area contributed by atoms with Crippen molar-refractivity contribution in [3.05, 3.63) is 44.7 Å². The maximum Gasteiger partial charge on any atom is 0.422 e. The van der Waals surface area contributed by atoms with E-state index in [1.54, 1.807) is 0 Å². The Kier molecular flexibility index (Phi) is 7.22. The van der Waals surface area contributed by atoms with Gasteiger partial charge < -0.3 is 9.30 Å². The van der Waals surface area contributed by atoms with Gasteiger partial charge in [0.05, 0.1) is 5.56 Å². The number of aromatic nitrogens is 1. The maximum absolute atomic E-state index is 12.8. The summed E-state index contributed by atoms with van der Waals surface area (Å²) in [5.41, 5.74) is -0.236. The topological polar surface area (TPSA) is 43.6 Å². The molecule has 4 nitrogen and oxygen atoms in total. The molecule has 1 amide bonds. The molecule has 2 aromatic rings. The van der Waals surface area contributed by atoms with Crippen molar-refractivity contribution in [2.45, 2.75) is 52.8 Å². The molecule has 0 atom stereocenters. The van der Waals surface area contributed by atoms with Crippen molar-refractivity contribution in [1.29, 1.82) is 0 Å². The molecule has 160 valence electrons. The van der Waals surface area contributed by atoms with Crippen molar-refractivity contribution in [2.24, 2.45) is 10.9 Å². The Morgan fingerprint density at radius 2 is 1.93 bits per heavy atom. The van der Waals surface area contributed by atoms with Crippen molar-refractivity contribution in [2.75, 3.05) is 6.61 Å². The van der Waals surface area contributed by atoms with E-state index >= 15 is 0 Å². The highest BCUT2D eigenvalue weighted by Crippen LogP contribution is 2.27. The number of ether oxygens (including phenoxy) is 1. The van der Waals surface area contributed by atoms with Crippen LogP contribution in [0.15, 0.2) is 29.4 Å². The highest BCUT2D eigenvalue weighted by Gasteiger charge is 2.29. The Morgan fingerprint density at radius 1 is 1.28 bits per heavy atom. The number of amides is 1. The first-order chi connectivity index (χ1) is 13.3. The fourth-order valence-corrected chi connectivity index (χ4v) is 3.67. The van der Waals surface area contributed by atoms with Crippen LogP contribution in [-0.2, 0) is 12.0 Å². The van der Waals surface area contributed by atoms with Crippen LogP contribution in [0, 0.1) is 5.92 Å². The molecule has 9 heteroatoms. The average Bonchev–Trinajstić information content (AvgIpc) is 2.95. The van der Waals surface area contributed by atoms with E-state index in [0.29, 0.717) is 17.3 Å². The van der Waals surface area contributed by atoms with Gasteiger partial charge in [0.2, 0.25) is 0 Å². The smallest absolute Gasteiger partial charge is 0.422 e. The van der Waals surface area contributed by atoms with Crippen LogP contribution in [0.4, 0.5) is 13.2 Å². The van der Waals surface area contributed by atoms with Gasteiger partial charge in [0.1, 0.15) is 5.75 Å². The molecule has 0 aliphatic rings. The van der Waals surface area contributed by atoms with Crippen LogP contribution in [0.5, 0.6) is 5.75 Å². The normalized spacial score (nSPS) is 13.2. The molecular weight excluding hydrogens is 425 g/mol. The number of carbonyl (C=O) groups is 1. The van der Waals surface area contributed by atoms with Gasteiger partial charge in [-0.2, -0.15) is 18.2 Å². The zero-order chi connectivity index (χ0) is 22.0. The summed E-state index contributed by atoms with van der Waals surface area (Å²) in [4.78, 5) is 18.5. The fourth-order valence-electron chi connectivity index (χ4n) is 2.44. The molecule has 0 fully saturated rings. The average molecular weight is 449 g/mol. The number of benzene rings is 1. The predicted octanol–water partition coefficient (Wildman–Crippen LogP) is 5.84. The monoisotopic (exact) mass is 448 g/mol. The van der Waals surface area contributed by atoms with Crippen LogP contribution in [-0.4, -0.2) is 23.3 Å². The van der Waals surface area contributed by atoms with Gasteiger partial charge in [-0.25, -0.2) is 0 Å². The fraction of sp³-hybridized carbons (Fsp3) is 0.500. The summed E-state index contributed by atoms with van der Waals surface area (Å²) in [7, 11) is 0. The molecule has 0 aliphatic heterocycles. The molecule has 0 radical (unpaired) electrons. The molecule has 29 heavy (non-hydrogen) atoms. The van der Waals surface area contributed by atoms with E-state index in [-0.39, 0.29) is 21.8 Å². The van der Waals surface area contributed by atoms with Crippen molar-refractivity contribution >= 4 is 28.8 Å². The minimum Gasteiger partial charge on any atom is -0.483 e. The number of halogens is 4. The number of hydrogen-bond acceptors (Lipinski definition) is 3. The SMILES string of the molecule is CC(C)Cn1cc(C(C)(C)C)s/c1=N\C(=O)c1cc(Cl)ccc1OCC(F)(F)F. The number of nitrogens with zero attached hydrogens (tertiary/aromatic N) is 2. The van der Waals surface area contributed by atoms with Gasteiger partial charge in [-0.1, -0.05) is 46.2 Å². The molecule has 0 bridgehead atoms. The van der Waals surface area contributed by atoms with E-state index < -0.39 is 18.7 Å². The van der Waals surface area contributed by atoms with Crippen molar-refractivity contribution in [1.82, 2.24) is 4.57 Å². The summed E-state index contributed by atoms with van der Waals surface area (Å²) in [6.07, 6.45) is -2.55. The van der Waals surface area contributed by atoms with Crippen LogP contribution in [0.1, 0.15) is 49.9 Å². The second kappa shape index (κ2) is 8.92. The molecular formula is C20H24ClF3N2O2S. The van der Waals surface area contributed by atoms with E-state index in [0.717, 1.165) is 4.88 Å². The van der Waals surface area contributed by atoms with Gasteiger partial charge in [0.15, 0.2) is 11.4 Å². The Labute approximate surface area is 177 Å². The van der Waals surface area contributed by atoms with Crippen LogP contribution < -0.4 is 9.54 Å². The Morgan fingerprint density at radius 3 is 2.48 bits per heavy atom. The zero-order valence-corrected chi connectivity index (χ0v) is 18.5. The van der Waals surface area contributed by atoms with E-state index in [1.807, 2.05) is 24.6 Å². The summed E-state index contributed by atoms with van der Waals surface area (Å²) in [5, 5.41) is 0.208. The zero-order valence-electron chi connectivity index (χ0n) is 16.9. The highest BCUT2D eigenvalue weighted by molar-refractivity contribution is 7.09. The highest BCUT2D eigenvalue weighted by atomic mass is 35.5. The third kappa shape index (κ3) is 6.89. The van der Waals surface area contributed by atoms with Crippen molar-refractivity contribution in [3.63, 3.8) is 0 Å². The van der Waals surface area contributed by atoms with Crippen LogP contribution >= 0.6 is 22.9 Å². The minimum atomic E-state index is -4.52. The molecule has 1 aromatic heterocycles. The summed E-state index contributed by atoms with van der Waals surface area (Å²) in [6, 6.07) is 3.88.